The molecule has 0 bridgehead atoms. The van der Waals surface area contributed by atoms with Gasteiger partial charge < -0.3 is 5.32 Å². The summed E-state index contributed by atoms with van der Waals surface area (Å²) in [6, 6.07) is 0. The third-order valence-electron chi connectivity index (χ3n) is 4.14. The Balaban J connectivity index is 2.34. The summed E-state index contributed by atoms with van der Waals surface area (Å²) < 4.78 is 0. The molecule has 1 saturated carbocycles. The lowest BCUT2D eigenvalue weighted by Gasteiger charge is -2.23. The minimum atomic E-state index is 0.950. The highest BCUT2D eigenvalue weighted by Crippen LogP contribution is 2.38. The fourth-order valence-corrected chi connectivity index (χ4v) is 3.12. The fraction of sp³-hybridized carbons (Fsp3) is 1.00. The van der Waals surface area contributed by atoms with Crippen molar-refractivity contribution in [2.24, 2.45) is 17.8 Å². The third-order valence-corrected chi connectivity index (χ3v) is 4.14. The van der Waals surface area contributed by atoms with E-state index in [4.69, 9.17) is 0 Å². The van der Waals surface area contributed by atoms with Crippen LogP contribution < -0.4 is 5.32 Å². The van der Waals surface area contributed by atoms with E-state index in [-0.39, 0.29) is 0 Å². The Hall–Kier alpha value is -0.0400. The van der Waals surface area contributed by atoms with E-state index in [2.05, 4.69) is 26.1 Å². The number of hydrogen-bond donors (Lipinski definition) is 1. The van der Waals surface area contributed by atoms with Crippen molar-refractivity contribution in [3.63, 3.8) is 0 Å². The van der Waals surface area contributed by atoms with E-state index in [1.165, 1.54) is 45.1 Å². The molecule has 3 unspecified atom stereocenters. The van der Waals surface area contributed by atoms with Crippen molar-refractivity contribution < 1.29 is 0 Å². The monoisotopic (exact) mass is 211 g/mol. The van der Waals surface area contributed by atoms with Crippen LogP contribution in [0.3, 0.4) is 0 Å². The van der Waals surface area contributed by atoms with Gasteiger partial charge in [-0.05, 0) is 50.1 Å². The lowest BCUT2D eigenvalue weighted by Crippen LogP contribution is -2.27. The van der Waals surface area contributed by atoms with E-state index in [0.29, 0.717) is 0 Å². The highest BCUT2D eigenvalue weighted by Gasteiger charge is 2.28. The van der Waals surface area contributed by atoms with Crippen LogP contribution in [-0.4, -0.2) is 13.1 Å². The van der Waals surface area contributed by atoms with E-state index in [9.17, 15) is 0 Å². The van der Waals surface area contributed by atoms with Crippen molar-refractivity contribution in [2.45, 2.75) is 59.3 Å². The summed E-state index contributed by atoms with van der Waals surface area (Å²) >= 11 is 0. The predicted molar refractivity (Wildman–Crippen MR) is 68.1 cm³/mol. The first-order valence-corrected chi connectivity index (χ1v) is 7.02. The van der Waals surface area contributed by atoms with Gasteiger partial charge in [0.25, 0.3) is 0 Å². The van der Waals surface area contributed by atoms with Gasteiger partial charge in [0.2, 0.25) is 0 Å². The summed E-state index contributed by atoms with van der Waals surface area (Å²) in [6.45, 7) is 9.28. The Bertz CT molecular complexity index is 155. The number of hydrogen-bond acceptors (Lipinski definition) is 1. The second-order valence-corrected chi connectivity index (χ2v) is 5.20. The van der Waals surface area contributed by atoms with Crippen LogP contribution in [0.5, 0.6) is 0 Å². The molecule has 0 aromatic heterocycles. The van der Waals surface area contributed by atoms with E-state index in [1.54, 1.807) is 0 Å². The van der Waals surface area contributed by atoms with E-state index >= 15 is 0 Å². The molecule has 1 fully saturated rings. The van der Waals surface area contributed by atoms with Gasteiger partial charge in [0.1, 0.15) is 0 Å². The molecule has 0 saturated heterocycles. The molecule has 1 rings (SSSR count). The molecule has 1 heteroatoms. The average molecular weight is 211 g/mol. The van der Waals surface area contributed by atoms with Crippen molar-refractivity contribution in [1.82, 2.24) is 5.32 Å². The Morgan fingerprint density at radius 1 is 1.20 bits per heavy atom. The molecule has 0 spiro atoms. The normalized spacial score (nSPS) is 28.2. The zero-order valence-corrected chi connectivity index (χ0v) is 10.9. The maximum absolute atomic E-state index is 3.54. The van der Waals surface area contributed by atoms with Crippen LogP contribution in [-0.2, 0) is 0 Å². The maximum Gasteiger partial charge on any atom is -0.00180 e. The zero-order chi connectivity index (χ0) is 11.1. The molecule has 0 radical (unpaired) electrons. The van der Waals surface area contributed by atoms with Crippen LogP contribution >= 0.6 is 0 Å². The second-order valence-electron chi connectivity index (χ2n) is 5.20. The predicted octanol–water partition coefficient (Wildman–Crippen LogP) is 3.84. The molecule has 0 amide bonds. The lowest BCUT2D eigenvalue weighted by molar-refractivity contribution is 0.295. The van der Waals surface area contributed by atoms with Gasteiger partial charge in [-0.2, -0.15) is 0 Å². The molecule has 3 atom stereocenters. The highest BCUT2D eigenvalue weighted by atomic mass is 14.8. The van der Waals surface area contributed by atoms with Gasteiger partial charge in [-0.1, -0.05) is 40.0 Å². The first kappa shape index (κ1) is 13.0. The van der Waals surface area contributed by atoms with Crippen LogP contribution in [0, 0.1) is 17.8 Å². The number of rotatable bonds is 7. The Morgan fingerprint density at radius 2 is 2.00 bits per heavy atom. The first-order valence-electron chi connectivity index (χ1n) is 7.02. The molecule has 1 nitrogen and oxygen atoms in total. The summed E-state index contributed by atoms with van der Waals surface area (Å²) in [6.07, 6.45) is 8.67. The van der Waals surface area contributed by atoms with Crippen molar-refractivity contribution in [3.8, 4) is 0 Å². The molecular formula is C14H29N. The summed E-state index contributed by atoms with van der Waals surface area (Å²) in [4.78, 5) is 0. The average Bonchev–Trinajstić information content (AvgIpc) is 2.72. The topological polar surface area (TPSA) is 12.0 Å². The molecule has 0 aromatic rings. The maximum atomic E-state index is 3.54. The van der Waals surface area contributed by atoms with Crippen LogP contribution in [0.1, 0.15) is 59.3 Å². The minimum absolute atomic E-state index is 0.950. The quantitative estimate of drug-likeness (QED) is 0.674. The van der Waals surface area contributed by atoms with Gasteiger partial charge in [0, 0.05) is 0 Å². The first-order chi connectivity index (χ1) is 7.31. The van der Waals surface area contributed by atoms with Crippen LogP contribution in [0.4, 0.5) is 0 Å². The van der Waals surface area contributed by atoms with Crippen LogP contribution in [0.2, 0.25) is 0 Å². The molecule has 15 heavy (non-hydrogen) atoms. The van der Waals surface area contributed by atoms with E-state index in [1.807, 2.05) is 0 Å². The zero-order valence-electron chi connectivity index (χ0n) is 10.9. The lowest BCUT2D eigenvalue weighted by atomic mass is 9.86. The summed E-state index contributed by atoms with van der Waals surface area (Å²) in [5.41, 5.74) is 0. The van der Waals surface area contributed by atoms with Crippen molar-refractivity contribution in [1.29, 1.82) is 0 Å². The molecular weight excluding hydrogens is 182 g/mol. The number of nitrogens with one attached hydrogen (secondary N) is 1. The molecule has 1 aliphatic carbocycles. The Kier molecular flexibility index (Phi) is 6.31. The molecule has 0 aromatic carbocycles. The summed E-state index contributed by atoms with van der Waals surface area (Å²) in [7, 11) is 0. The summed E-state index contributed by atoms with van der Waals surface area (Å²) in [5, 5.41) is 3.54. The van der Waals surface area contributed by atoms with Gasteiger partial charge >= 0.3 is 0 Å². The van der Waals surface area contributed by atoms with E-state index < -0.39 is 0 Å². The molecule has 90 valence electrons. The van der Waals surface area contributed by atoms with E-state index in [0.717, 1.165) is 24.3 Å². The molecule has 1 N–H and O–H groups in total. The van der Waals surface area contributed by atoms with Gasteiger partial charge in [0.15, 0.2) is 0 Å². The third kappa shape index (κ3) is 4.14. The van der Waals surface area contributed by atoms with Gasteiger partial charge in [-0.15, -0.1) is 0 Å². The Morgan fingerprint density at radius 3 is 2.53 bits per heavy atom. The van der Waals surface area contributed by atoms with Crippen molar-refractivity contribution in [3.05, 3.63) is 0 Å². The SMILES string of the molecule is CCCC(CNCC)C1CCC(CC)C1. The molecule has 0 heterocycles. The fourth-order valence-electron chi connectivity index (χ4n) is 3.12. The summed E-state index contributed by atoms with van der Waals surface area (Å²) in [5.74, 6) is 3.01. The van der Waals surface area contributed by atoms with Gasteiger partial charge in [0.05, 0.1) is 0 Å². The standard InChI is InChI=1S/C14H29N/c1-4-7-14(11-15-6-3)13-9-8-12(5-2)10-13/h12-15H,4-11H2,1-3H3. The molecule has 0 aliphatic heterocycles. The Labute approximate surface area is 96.0 Å². The largest absolute Gasteiger partial charge is 0.317 e. The second kappa shape index (κ2) is 7.27. The van der Waals surface area contributed by atoms with Gasteiger partial charge in [-0.3, -0.25) is 0 Å². The van der Waals surface area contributed by atoms with Crippen molar-refractivity contribution >= 4 is 0 Å². The van der Waals surface area contributed by atoms with Crippen LogP contribution in [0.15, 0.2) is 0 Å². The smallest absolute Gasteiger partial charge is 0.00180 e. The molecule has 1 aliphatic rings. The highest BCUT2D eigenvalue weighted by molar-refractivity contribution is 4.81. The van der Waals surface area contributed by atoms with Crippen LogP contribution in [0.25, 0.3) is 0 Å². The van der Waals surface area contributed by atoms with Crippen molar-refractivity contribution in [2.75, 3.05) is 13.1 Å². The van der Waals surface area contributed by atoms with Gasteiger partial charge in [-0.25, -0.2) is 0 Å². The minimum Gasteiger partial charge on any atom is -0.317 e.